The maximum Gasteiger partial charge on any atom is 0.255 e. The Kier molecular flexibility index (Phi) is 5.82. The standard InChI is InChI=1S/C14H20BrNO3/c1-4-14(2,7-8-17)16-13(18)11-6-5-10(15)9-12(11)19-3/h5-6,9,17H,4,7-8H2,1-3H3,(H,16,18). The molecule has 1 unspecified atom stereocenters. The first-order chi connectivity index (χ1) is 8.95. The first kappa shape index (κ1) is 16.0. The van der Waals surface area contributed by atoms with Crippen molar-refractivity contribution in [3.8, 4) is 5.75 Å². The highest BCUT2D eigenvalue weighted by Crippen LogP contribution is 2.24. The molecule has 0 aliphatic carbocycles. The lowest BCUT2D eigenvalue weighted by molar-refractivity contribution is 0.0883. The minimum atomic E-state index is -0.413. The molecule has 19 heavy (non-hydrogen) atoms. The van der Waals surface area contributed by atoms with Crippen LogP contribution in [0.1, 0.15) is 37.0 Å². The third kappa shape index (κ3) is 4.21. The van der Waals surface area contributed by atoms with Crippen molar-refractivity contribution in [3.05, 3.63) is 28.2 Å². The summed E-state index contributed by atoms with van der Waals surface area (Å²) in [5.74, 6) is 0.330. The van der Waals surface area contributed by atoms with E-state index >= 15 is 0 Å². The fourth-order valence-electron chi connectivity index (χ4n) is 1.77. The van der Waals surface area contributed by atoms with E-state index in [0.29, 0.717) is 17.7 Å². The number of carbonyl (C=O) groups excluding carboxylic acids is 1. The molecule has 1 amide bonds. The van der Waals surface area contributed by atoms with E-state index in [1.165, 1.54) is 7.11 Å². The molecule has 106 valence electrons. The van der Waals surface area contributed by atoms with Crippen LogP contribution in [0.15, 0.2) is 22.7 Å². The van der Waals surface area contributed by atoms with Gasteiger partial charge in [0.05, 0.1) is 12.7 Å². The lowest BCUT2D eigenvalue weighted by Crippen LogP contribution is -2.46. The summed E-state index contributed by atoms with van der Waals surface area (Å²) in [6.07, 6.45) is 1.27. The van der Waals surface area contributed by atoms with Crippen LogP contribution in [-0.2, 0) is 0 Å². The molecule has 2 N–H and O–H groups in total. The van der Waals surface area contributed by atoms with Gasteiger partial charge in [-0.15, -0.1) is 0 Å². The zero-order chi connectivity index (χ0) is 14.5. The molecular weight excluding hydrogens is 310 g/mol. The molecule has 0 aliphatic rings. The van der Waals surface area contributed by atoms with Crippen LogP contribution in [0.4, 0.5) is 0 Å². The van der Waals surface area contributed by atoms with Crippen molar-refractivity contribution < 1.29 is 14.6 Å². The minimum Gasteiger partial charge on any atom is -0.496 e. The molecule has 1 rings (SSSR count). The van der Waals surface area contributed by atoms with E-state index in [9.17, 15) is 4.79 Å². The fraction of sp³-hybridized carbons (Fsp3) is 0.500. The molecule has 0 heterocycles. The number of hydrogen-bond donors (Lipinski definition) is 2. The molecule has 0 saturated carbocycles. The Labute approximate surface area is 122 Å². The van der Waals surface area contributed by atoms with Crippen molar-refractivity contribution in [2.24, 2.45) is 0 Å². The van der Waals surface area contributed by atoms with Crippen LogP contribution in [0.3, 0.4) is 0 Å². The minimum absolute atomic E-state index is 0.0437. The van der Waals surface area contributed by atoms with Gasteiger partial charge in [-0.1, -0.05) is 22.9 Å². The smallest absolute Gasteiger partial charge is 0.255 e. The summed E-state index contributed by atoms with van der Waals surface area (Å²) in [6, 6.07) is 5.27. The van der Waals surface area contributed by atoms with Crippen LogP contribution in [0.5, 0.6) is 5.75 Å². The topological polar surface area (TPSA) is 58.6 Å². The normalized spacial score (nSPS) is 13.7. The van der Waals surface area contributed by atoms with Crippen LogP contribution >= 0.6 is 15.9 Å². The summed E-state index contributed by atoms with van der Waals surface area (Å²) in [5.41, 5.74) is 0.0764. The van der Waals surface area contributed by atoms with Gasteiger partial charge in [-0.05, 0) is 38.0 Å². The molecular formula is C14H20BrNO3. The Balaban J connectivity index is 2.94. The number of amides is 1. The number of aliphatic hydroxyl groups is 1. The van der Waals surface area contributed by atoms with Gasteiger partial charge in [0.1, 0.15) is 5.75 Å². The molecule has 1 atom stereocenters. The van der Waals surface area contributed by atoms with Gasteiger partial charge in [-0.2, -0.15) is 0 Å². The third-order valence-corrected chi connectivity index (χ3v) is 3.76. The SMILES string of the molecule is CCC(C)(CCO)NC(=O)c1ccc(Br)cc1OC. The van der Waals surface area contributed by atoms with Crippen LogP contribution in [-0.4, -0.2) is 30.3 Å². The van der Waals surface area contributed by atoms with Gasteiger partial charge >= 0.3 is 0 Å². The molecule has 0 aromatic heterocycles. The molecule has 0 fully saturated rings. The Bertz CT molecular complexity index is 450. The predicted molar refractivity (Wildman–Crippen MR) is 78.6 cm³/mol. The Morgan fingerprint density at radius 2 is 2.21 bits per heavy atom. The zero-order valence-corrected chi connectivity index (χ0v) is 13.1. The predicted octanol–water partition coefficient (Wildman–Crippen LogP) is 2.74. The Hall–Kier alpha value is -1.07. The van der Waals surface area contributed by atoms with Gasteiger partial charge in [-0.25, -0.2) is 0 Å². The van der Waals surface area contributed by atoms with Crippen molar-refractivity contribution in [2.75, 3.05) is 13.7 Å². The average Bonchev–Trinajstić information content (AvgIpc) is 2.38. The van der Waals surface area contributed by atoms with E-state index in [4.69, 9.17) is 9.84 Å². The molecule has 0 radical (unpaired) electrons. The second kappa shape index (κ2) is 6.91. The molecule has 1 aromatic rings. The molecule has 1 aromatic carbocycles. The van der Waals surface area contributed by atoms with Gasteiger partial charge in [0, 0.05) is 16.6 Å². The highest BCUT2D eigenvalue weighted by molar-refractivity contribution is 9.10. The number of ether oxygens (including phenoxy) is 1. The summed E-state index contributed by atoms with van der Waals surface area (Å²) in [6.45, 7) is 3.95. The molecule has 0 aliphatic heterocycles. The number of rotatable bonds is 6. The van der Waals surface area contributed by atoms with Crippen molar-refractivity contribution in [1.29, 1.82) is 0 Å². The lowest BCUT2D eigenvalue weighted by atomic mass is 9.94. The first-order valence-electron chi connectivity index (χ1n) is 6.22. The maximum absolute atomic E-state index is 12.3. The number of nitrogens with one attached hydrogen (secondary N) is 1. The lowest BCUT2D eigenvalue weighted by Gasteiger charge is -2.29. The van der Waals surface area contributed by atoms with Gasteiger partial charge in [0.2, 0.25) is 0 Å². The summed E-state index contributed by atoms with van der Waals surface area (Å²) in [4.78, 5) is 12.3. The number of carbonyl (C=O) groups is 1. The highest BCUT2D eigenvalue weighted by Gasteiger charge is 2.25. The van der Waals surface area contributed by atoms with Crippen molar-refractivity contribution >= 4 is 21.8 Å². The van der Waals surface area contributed by atoms with Gasteiger partial charge in [0.25, 0.3) is 5.91 Å². The van der Waals surface area contributed by atoms with Gasteiger partial charge in [-0.3, -0.25) is 4.79 Å². The van der Waals surface area contributed by atoms with E-state index in [-0.39, 0.29) is 12.5 Å². The van der Waals surface area contributed by atoms with Crippen molar-refractivity contribution in [3.63, 3.8) is 0 Å². The molecule has 0 saturated heterocycles. The largest absolute Gasteiger partial charge is 0.496 e. The van der Waals surface area contributed by atoms with E-state index in [2.05, 4.69) is 21.2 Å². The maximum atomic E-state index is 12.3. The third-order valence-electron chi connectivity index (χ3n) is 3.27. The van der Waals surface area contributed by atoms with Crippen LogP contribution in [0, 0.1) is 0 Å². The van der Waals surface area contributed by atoms with E-state index in [1.54, 1.807) is 18.2 Å². The van der Waals surface area contributed by atoms with Gasteiger partial charge < -0.3 is 15.2 Å². The summed E-state index contributed by atoms with van der Waals surface area (Å²) in [5, 5.41) is 12.0. The molecule has 4 nitrogen and oxygen atoms in total. The van der Waals surface area contributed by atoms with Crippen LogP contribution in [0.25, 0.3) is 0 Å². The second-order valence-electron chi connectivity index (χ2n) is 4.69. The summed E-state index contributed by atoms with van der Waals surface area (Å²) < 4.78 is 6.07. The Morgan fingerprint density at radius 1 is 1.53 bits per heavy atom. The molecule has 5 heteroatoms. The summed E-state index contributed by atoms with van der Waals surface area (Å²) in [7, 11) is 1.53. The first-order valence-corrected chi connectivity index (χ1v) is 7.02. The van der Waals surface area contributed by atoms with E-state index < -0.39 is 5.54 Å². The quantitative estimate of drug-likeness (QED) is 0.843. The average molecular weight is 330 g/mol. The fourth-order valence-corrected chi connectivity index (χ4v) is 2.11. The number of halogens is 1. The highest BCUT2D eigenvalue weighted by atomic mass is 79.9. The van der Waals surface area contributed by atoms with Crippen molar-refractivity contribution in [1.82, 2.24) is 5.32 Å². The second-order valence-corrected chi connectivity index (χ2v) is 5.60. The number of methoxy groups -OCH3 is 1. The van der Waals surface area contributed by atoms with E-state index in [1.807, 2.05) is 13.8 Å². The van der Waals surface area contributed by atoms with Crippen LogP contribution in [0.2, 0.25) is 0 Å². The van der Waals surface area contributed by atoms with E-state index in [0.717, 1.165) is 10.9 Å². The molecule has 0 spiro atoms. The van der Waals surface area contributed by atoms with Crippen LogP contribution < -0.4 is 10.1 Å². The summed E-state index contributed by atoms with van der Waals surface area (Å²) >= 11 is 3.34. The number of aliphatic hydroxyl groups excluding tert-OH is 1. The zero-order valence-electron chi connectivity index (χ0n) is 11.5. The number of hydrogen-bond acceptors (Lipinski definition) is 3. The molecule has 0 bridgehead atoms. The van der Waals surface area contributed by atoms with Crippen molar-refractivity contribution in [2.45, 2.75) is 32.2 Å². The number of benzene rings is 1. The Morgan fingerprint density at radius 3 is 2.74 bits per heavy atom. The van der Waals surface area contributed by atoms with Gasteiger partial charge in [0.15, 0.2) is 0 Å². The monoisotopic (exact) mass is 329 g/mol.